The molecule has 1 amide bonds. The van der Waals surface area contributed by atoms with Crippen molar-refractivity contribution in [3.63, 3.8) is 0 Å². The number of hydrazine groups is 1. The fourth-order valence-electron chi connectivity index (χ4n) is 4.15. The zero-order valence-electron chi connectivity index (χ0n) is 15.2. The minimum absolute atomic E-state index is 0.0470. The van der Waals surface area contributed by atoms with E-state index in [1.54, 1.807) is 0 Å². The standard InChI is InChI=1S/C20H31N3O2/c1-2-6-18-17(14-21-22-18)20(25)23-11-9-16(10-12-23)19(24)13-15-7-4-3-5-8-15/h3-5,7-8,16-19,21-22,24H,2,6,9-14H2,1H3. The largest absolute Gasteiger partial charge is 0.392 e. The van der Waals surface area contributed by atoms with Gasteiger partial charge < -0.3 is 10.0 Å². The lowest BCUT2D eigenvalue weighted by Crippen LogP contribution is -2.47. The quantitative estimate of drug-likeness (QED) is 0.735. The van der Waals surface area contributed by atoms with E-state index in [1.165, 1.54) is 5.56 Å². The number of nitrogens with zero attached hydrogens (tertiary/aromatic N) is 1. The summed E-state index contributed by atoms with van der Waals surface area (Å²) in [5, 5.41) is 10.6. The number of piperidine rings is 1. The smallest absolute Gasteiger partial charge is 0.228 e. The Labute approximate surface area is 150 Å². The summed E-state index contributed by atoms with van der Waals surface area (Å²) in [5.74, 6) is 0.605. The Morgan fingerprint density at radius 2 is 2.00 bits per heavy atom. The van der Waals surface area contributed by atoms with Crippen LogP contribution in [0.1, 0.15) is 38.2 Å². The van der Waals surface area contributed by atoms with Crippen molar-refractivity contribution in [3.05, 3.63) is 35.9 Å². The maximum atomic E-state index is 12.8. The van der Waals surface area contributed by atoms with E-state index in [1.807, 2.05) is 23.1 Å². The number of carbonyl (C=O) groups is 1. The number of amides is 1. The van der Waals surface area contributed by atoms with Crippen LogP contribution < -0.4 is 10.9 Å². The predicted octanol–water partition coefficient (Wildman–Crippen LogP) is 1.72. The van der Waals surface area contributed by atoms with Crippen LogP contribution in [0.25, 0.3) is 0 Å². The van der Waals surface area contributed by atoms with E-state index >= 15 is 0 Å². The number of hydrogen-bond acceptors (Lipinski definition) is 4. The van der Waals surface area contributed by atoms with Gasteiger partial charge in [0, 0.05) is 25.7 Å². The lowest BCUT2D eigenvalue weighted by atomic mass is 9.87. The van der Waals surface area contributed by atoms with Gasteiger partial charge in [-0.1, -0.05) is 43.7 Å². The van der Waals surface area contributed by atoms with Gasteiger partial charge in [0.2, 0.25) is 5.91 Å². The van der Waals surface area contributed by atoms with Crippen molar-refractivity contribution in [2.75, 3.05) is 19.6 Å². The Kier molecular flexibility index (Phi) is 6.45. The molecule has 5 heteroatoms. The van der Waals surface area contributed by atoms with Crippen LogP contribution in [-0.4, -0.2) is 47.7 Å². The topological polar surface area (TPSA) is 64.6 Å². The fraction of sp³-hybridized carbons (Fsp3) is 0.650. The Morgan fingerprint density at radius 1 is 1.28 bits per heavy atom. The number of aliphatic hydroxyl groups excluding tert-OH is 1. The highest BCUT2D eigenvalue weighted by atomic mass is 16.3. The molecule has 2 heterocycles. The molecule has 2 fully saturated rings. The molecule has 5 nitrogen and oxygen atoms in total. The summed E-state index contributed by atoms with van der Waals surface area (Å²) in [4.78, 5) is 14.8. The van der Waals surface area contributed by atoms with Gasteiger partial charge in [0.15, 0.2) is 0 Å². The monoisotopic (exact) mass is 345 g/mol. The first kappa shape index (κ1) is 18.4. The molecule has 0 saturated carbocycles. The second-order valence-corrected chi connectivity index (χ2v) is 7.45. The van der Waals surface area contributed by atoms with E-state index in [-0.39, 0.29) is 29.9 Å². The number of rotatable bonds is 6. The minimum atomic E-state index is -0.317. The molecule has 2 saturated heterocycles. The molecule has 1 aromatic rings. The molecule has 0 bridgehead atoms. The summed E-state index contributed by atoms with van der Waals surface area (Å²) in [6, 6.07) is 10.4. The summed E-state index contributed by atoms with van der Waals surface area (Å²) in [6.07, 6.45) is 4.28. The molecule has 0 spiro atoms. The summed E-state index contributed by atoms with van der Waals surface area (Å²) < 4.78 is 0. The first-order valence-corrected chi connectivity index (χ1v) is 9.68. The second kappa shape index (κ2) is 8.79. The normalized spacial score (nSPS) is 25.9. The molecule has 0 aromatic heterocycles. The number of likely N-dealkylation sites (tertiary alicyclic amines) is 1. The number of aliphatic hydroxyl groups is 1. The van der Waals surface area contributed by atoms with Gasteiger partial charge in [-0.3, -0.25) is 15.6 Å². The Hall–Kier alpha value is -1.43. The van der Waals surface area contributed by atoms with E-state index < -0.39 is 0 Å². The predicted molar refractivity (Wildman–Crippen MR) is 98.8 cm³/mol. The highest BCUT2D eigenvalue weighted by molar-refractivity contribution is 5.80. The van der Waals surface area contributed by atoms with E-state index in [9.17, 15) is 9.90 Å². The van der Waals surface area contributed by atoms with E-state index in [2.05, 4.69) is 29.9 Å². The average molecular weight is 345 g/mol. The van der Waals surface area contributed by atoms with Crippen LogP contribution in [0.5, 0.6) is 0 Å². The van der Waals surface area contributed by atoms with Crippen LogP contribution in [0.3, 0.4) is 0 Å². The van der Waals surface area contributed by atoms with Crippen molar-refractivity contribution >= 4 is 5.91 Å². The molecule has 25 heavy (non-hydrogen) atoms. The van der Waals surface area contributed by atoms with Gasteiger partial charge in [-0.15, -0.1) is 0 Å². The molecule has 2 aliphatic rings. The van der Waals surface area contributed by atoms with Crippen molar-refractivity contribution in [1.29, 1.82) is 0 Å². The highest BCUT2D eigenvalue weighted by Crippen LogP contribution is 2.25. The van der Waals surface area contributed by atoms with Gasteiger partial charge in [0.25, 0.3) is 0 Å². The minimum Gasteiger partial charge on any atom is -0.392 e. The van der Waals surface area contributed by atoms with Gasteiger partial charge in [0.1, 0.15) is 0 Å². The molecule has 3 N–H and O–H groups in total. The van der Waals surface area contributed by atoms with E-state index in [0.29, 0.717) is 6.42 Å². The van der Waals surface area contributed by atoms with Gasteiger partial charge in [-0.2, -0.15) is 0 Å². The van der Waals surface area contributed by atoms with Crippen molar-refractivity contribution in [2.45, 2.75) is 51.2 Å². The maximum absolute atomic E-state index is 12.8. The number of benzene rings is 1. The summed E-state index contributed by atoms with van der Waals surface area (Å²) in [7, 11) is 0. The molecule has 0 aliphatic carbocycles. The van der Waals surface area contributed by atoms with Gasteiger partial charge in [-0.25, -0.2) is 0 Å². The molecule has 2 aliphatic heterocycles. The van der Waals surface area contributed by atoms with Crippen molar-refractivity contribution in [2.24, 2.45) is 11.8 Å². The lowest BCUT2D eigenvalue weighted by Gasteiger charge is -2.36. The Morgan fingerprint density at radius 3 is 2.68 bits per heavy atom. The first-order chi connectivity index (χ1) is 12.2. The van der Waals surface area contributed by atoms with Crippen LogP contribution in [-0.2, 0) is 11.2 Å². The molecule has 3 rings (SSSR count). The van der Waals surface area contributed by atoms with Gasteiger partial charge in [-0.05, 0) is 37.2 Å². The highest BCUT2D eigenvalue weighted by Gasteiger charge is 2.36. The third kappa shape index (κ3) is 4.60. The summed E-state index contributed by atoms with van der Waals surface area (Å²) >= 11 is 0. The maximum Gasteiger partial charge on any atom is 0.228 e. The van der Waals surface area contributed by atoms with E-state index in [4.69, 9.17) is 0 Å². The van der Waals surface area contributed by atoms with Crippen LogP contribution in [0.4, 0.5) is 0 Å². The zero-order chi connectivity index (χ0) is 17.6. The van der Waals surface area contributed by atoms with Crippen LogP contribution in [0.2, 0.25) is 0 Å². The van der Waals surface area contributed by atoms with Crippen LogP contribution >= 0.6 is 0 Å². The fourth-order valence-corrected chi connectivity index (χ4v) is 4.15. The first-order valence-electron chi connectivity index (χ1n) is 9.68. The van der Waals surface area contributed by atoms with Crippen molar-refractivity contribution in [1.82, 2.24) is 15.8 Å². The van der Waals surface area contributed by atoms with E-state index in [0.717, 1.165) is 45.3 Å². The van der Waals surface area contributed by atoms with Crippen molar-refractivity contribution < 1.29 is 9.90 Å². The SMILES string of the molecule is CCCC1NNCC1C(=O)N1CCC(C(O)Cc2ccccc2)CC1. The second-order valence-electron chi connectivity index (χ2n) is 7.45. The summed E-state index contributed by atoms with van der Waals surface area (Å²) in [5.41, 5.74) is 7.57. The zero-order valence-corrected chi connectivity index (χ0v) is 15.2. The molecule has 3 atom stereocenters. The molecule has 1 aromatic carbocycles. The molecule has 138 valence electrons. The third-order valence-electron chi connectivity index (χ3n) is 5.70. The summed E-state index contributed by atoms with van der Waals surface area (Å²) in [6.45, 7) is 4.41. The molecule has 0 radical (unpaired) electrons. The number of nitrogens with one attached hydrogen (secondary N) is 2. The van der Waals surface area contributed by atoms with Gasteiger partial charge in [0.05, 0.1) is 12.0 Å². The molecular formula is C20H31N3O2. The number of hydrogen-bond donors (Lipinski definition) is 3. The van der Waals surface area contributed by atoms with Crippen molar-refractivity contribution in [3.8, 4) is 0 Å². The van der Waals surface area contributed by atoms with Crippen LogP contribution in [0, 0.1) is 11.8 Å². The van der Waals surface area contributed by atoms with Gasteiger partial charge >= 0.3 is 0 Å². The third-order valence-corrected chi connectivity index (χ3v) is 5.70. The lowest BCUT2D eigenvalue weighted by molar-refractivity contribution is -0.137. The number of carbonyl (C=O) groups excluding carboxylic acids is 1. The Balaban J connectivity index is 1.49. The average Bonchev–Trinajstić information content (AvgIpc) is 3.11. The Bertz CT molecular complexity index is 543. The molecule has 3 unspecified atom stereocenters. The van der Waals surface area contributed by atoms with Crippen LogP contribution in [0.15, 0.2) is 30.3 Å². The molecular weight excluding hydrogens is 314 g/mol.